The highest BCUT2D eigenvalue weighted by molar-refractivity contribution is 7.47. The Morgan fingerprint density at radius 2 is 0.509 bits per heavy atom. The van der Waals surface area contributed by atoms with Crippen LogP contribution in [0.25, 0.3) is 0 Å². The number of esters is 4. The van der Waals surface area contributed by atoms with Gasteiger partial charge in [-0.2, -0.15) is 0 Å². The maximum absolute atomic E-state index is 13.1. The van der Waals surface area contributed by atoms with Crippen LogP contribution in [-0.2, 0) is 65.4 Å². The summed E-state index contributed by atoms with van der Waals surface area (Å²) in [5, 5.41) is 10.7. The van der Waals surface area contributed by atoms with Gasteiger partial charge in [-0.3, -0.25) is 37.3 Å². The van der Waals surface area contributed by atoms with Crippen molar-refractivity contribution in [2.75, 3.05) is 39.6 Å². The lowest BCUT2D eigenvalue weighted by Gasteiger charge is -2.21. The van der Waals surface area contributed by atoms with Crippen LogP contribution in [0.2, 0.25) is 0 Å². The van der Waals surface area contributed by atoms with E-state index in [9.17, 15) is 43.2 Å². The van der Waals surface area contributed by atoms with E-state index in [1.165, 1.54) is 51.4 Å². The number of phosphoric ester groups is 2. The molecule has 0 bridgehead atoms. The number of allylic oxidation sites excluding steroid dienone is 26. The lowest BCUT2D eigenvalue weighted by molar-refractivity contribution is -0.161. The Bertz CT molecular complexity index is 2630. The fourth-order valence-electron chi connectivity index (χ4n) is 10.4. The molecule has 0 spiro atoms. The van der Waals surface area contributed by atoms with Gasteiger partial charge < -0.3 is 33.8 Å². The Balaban J connectivity index is 5.46. The van der Waals surface area contributed by atoms with Crippen LogP contribution in [0.1, 0.15) is 310 Å². The second-order valence-corrected chi connectivity index (χ2v) is 29.5. The first-order valence-corrected chi connectivity index (χ1v) is 43.7. The summed E-state index contributed by atoms with van der Waals surface area (Å²) in [6, 6.07) is 0. The Kier molecular flexibility index (Phi) is 73.9. The molecule has 5 atom stereocenters. The van der Waals surface area contributed by atoms with Crippen LogP contribution in [0, 0.1) is 0 Å². The van der Waals surface area contributed by atoms with E-state index < -0.39 is 97.5 Å². The minimum absolute atomic E-state index is 0.0257. The maximum atomic E-state index is 13.1. The lowest BCUT2D eigenvalue weighted by Crippen LogP contribution is -2.30. The van der Waals surface area contributed by atoms with E-state index in [2.05, 4.69) is 167 Å². The Morgan fingerprint density at radius 3 is 0.811 bits per heavy atom. The van der Waals surface area contributed by atoms with E-state index in [1.807, 2.05) is 18.2 Å². The van der Waals surface area contributed by atoms with Gasteiger partial charge in [-0.1, -0.05) is 308 Å². The number of ether oxygens (including phenoxy) is 4. The zero-order chi connectivity index (χ0) is 77.4. The summed E-state index contributed by atoms with van der Waals surface area (Å²) in [6.45, 7) is 4.42. The average molecular weight is 1520 g/mol. The van der Waals surface area contributed by atoms with Crippen LogP contribution in [0.3, 0.4) is 0 Å². The molecule has 0 aliphatic heterocycles. The van der Waals surface area contributed by atoms with Gasteiger partial charge in [0.2, 0.25) is 0 Å². The zero-order valence-electron chi connectivity index (χ0n) is 66.1. The lowest BCUT2D eigenvalue weighted by atomic mass is 10.0. The van der Waals surface area contributed by atoms with E-state index >= 15 is 0 Å². The Labute approximate surface area is 642 Å². The van der Waals surface area contributed by atoms with Gasteiger partial charge in [0.05, 0.1) is 26.4 Å². The first-order chi connectivity index (χ1) is 51.7. The molecule has 17 nitrogen and oxygen atoms in total. The number of unbranched alkanes of at least 4 members (excludes halogenated alkanes) is 23. The zero-order valence-corrected chi connectivity index (χ0v) is 67.8. The molecule has 0 saturated heterocycles. The molecule has 0 amide bonds. The fraction of sp³-hybridized carbons (Fsp3) is 0.655. The summed E-state index contributed by atoms with van der Waals surface area (Å²) in [5.41, 5.74) is 0. The summed E-state index contributed by atoms with van der Waals surface area (Å²) in [6.07, 6.45) is 90.9. The minimum atomic E-state index is -5.01. The third kappa shape index (κ3) is 76.9. The number of aliphatic hydroxyl groups is 1. The van der Waals surface area contributed by atoms with Crippen molar-refractivity contribution in [2.45, 2.75) is 329 Å². The van der Waals surface area contributed by atoms with Crippen molar-refractivity contribution in [3.8, 4) is 0 Å². The van der Waals surface area contributed by atoms with Crippen LogP contribution in [-0.4, -0.2) is 96.7 Å². The van der Waals surface area contributed by atoms with E-state index in [0.717, 1.165) is 173 Å². The van der Waals surface area contributed by atoms with Gasteiger partial charge >= 0.3 is 39.5 Å². The van der Waals surface area contributed by atoms with Crippen molar-refractivity contribution < 1.29 is 80.2 Å². The Hall–Kier alpha value is -5.32. The van der Waals surface area contributed by atoms with Crippen molar-refractivity contribution in [3.63, 3.8) is 0 Å². The van der Waals surface area contributed by atoms with E-state index in [4.69, 9.17) is 37.0 Å². The SMILES string of the molecule is CC/C=C\C/C=C\C/C=C\C/C=C\C/C=C\C/C=C\CCC(=O)OCC(COP(=O)(O)OCC(O)COP(=O)(O)OCC(COC(=O)CCCCCCCCC/C=C\C/C=C\C/C=C\CC)OC(=O)CCCCCCCCCCCCCCC)OC(=O)CCCCCC/C=C\C/C=C\C/C=C\C/C=C\CC. The molecule has 0 radical (unpaired) electrons. The van der Waals surface area contributed by atoms with Crippen molar-refractivity contribution in [3.05, 3.63) is 158 Å². The van der Waals surface area contributed by atoms with Gasteiger partial charge in [0.15, 0.2) is 12.2 Å². The van der Waals surface area contributed by atoms with E-state index in [-0.39, 0.29) is 25.7 Å². The third-order valence-electron chi connectivity index (χ3n) is 16.5. The molecule has 19 heteroatoms. The van der Waals surface area contributed by atoms with Crippen LogP contribution >= 0.6 is 15.6 Å². The summed E-state index contributed by atoms with van der Waals surface area (Å²) < 4.78 is 68.6. The number of hydrogen-bond donors (Lipinski definition) is 3. The van der Waals surface area contributed by atoms with Crippen molar-refractivity contribution in [1.29, 1.82) is 0 Å². The third-order valence-corrected chi connectivity index (χ3v) is 18.4. The normalized spacial score (nSPS) is 14.7. The Morgan fingerprint density at radius 1 is 0.274 bits per heavy atom. The van der Waals surface area contributed by atoms with Crippen molar-refractivity contribution >= 4 is 39.5 Å². The topological polar surface area (TPSA) is 237 Å². The molecule has 106 heavy (non-hydrogen) atoms. The number of aliphatic hydroxyl groups excluding tert-OH is 1. The molecule has 3 N–H and O–H groups in total. The molecule has 0 aromatic heterocycles. The monoisotopic (exact) mass is 1520 g/mol. The van der Waals surface area contributed by atoms with Crippen molar-refractivity contribution in [1.82, 2.24) is 0 Å². The van der Waals surface area contributed by atoms with Gasteiger partial charge in [0.25, 0.3) is 0 Å². The van der Waals surface area contributed by atoms with Crippen LogP contribution in [0.4, 0.5) is 0 Å². The molecule has 0 saturated carbocycles. The molecule has 0 aliphatic rings. The van der Waals surface area contributed by atoms with Crippen LogP contribution < -0.4 is 0 Å². The predicted molar refractivity (Wildman–Crippen MR) is 436 cm³/mol. The van der Waals surface area contributed by atoms with Gasteiger partial charge in [0.1, 0.15) is 19.3 Å². The highest BCUT2D eigenvalue weighted by Crippen LogP contribution is 2.45. The molecule has 0 aromatic rings. The molecule has 0 heterocycles. The van der Waals surface area contributed by atoms with Crippen molar-refractivity contribution in [2.24, 2.45) is 0 Å². The minimum Gasteiger partial charge on any atom is -0.462 e. The van der Waals surface area contributed by atoms with Gasteiger partial charge in [-0.25, -0.2) is 9.13 Å². The molecular weight excluding hydrogens is 1380 g/mol. The molecule has 5 unspecified atom stereocenters. The highest BCUT2D eigenvalue weighted by Gasteiger charge is 2.30. The second kappa shape index (κ2) is 77.8. The van der Waals surface area contributed by atoms with Gasteiger partial charge in [0, 0.05) is 25.7 Å². The fourth-order valence-corrected chi connectivity index (χ4v) is 12.0. The summed E-state index contributed by atoms with van der Waals surface area (Å²) >= 11 is 0. The first-order valence-electron chi connectivity index (χ1n) is 40.7. The second-order valence-electron chi connectivity index (χ2n) is 26.6. The van der Waals surface area contributed by atoms with E-state index in [0.29, 0.717) is 32.1 Å². The molecule has 0 aromatic carbocycles. The molecule has 0 fully saturated rings. The van der Waals surface area contributed by atoms with Gasteiger partial charge in [-0.15, -0.1) is 0 Å². The summed E-state index contributed by atoms with van der Waals surface area (Å²) in [7, 11) is -10.00. The summed E-state index contributed by atoms with van der Waals surface area (Å²) in [4.78, 5) is 73.1. The highest BCUT2D eigenvalue weighted by atomic mass is 31.2. The number of hydrogen-bond acceptors (Lipinski definition) is 15. The number of carbonyl (C=O) groups is 4. The number of phosphoric acid groups is 2. The number of carbonyl (C=O) groups excluding carboxylic acids is 4. The largest absolute Gasteiger partial charge is 0.472 e. The van der Waals surface area contributed by atoms with E-state index in [1.54, 1.807) is 0 Å². The molecule has 604 valence electrons. The number of rotatable bonds is 75. The molecule has 0 aliphatic carbocycles. The molecule has 0 rings (SSSR count). The molecular formula is C87H144O17P2. The van der Waals surface area contributed by atoms with Crippen LogP contribution in [0.5, 0.6) is 0 Å². The van der Waals surface area contributed by atoms with Gasteiger partial charge in [-0.05, 0) is 135 Å². The summed E-state index contributed by atoms with van der Waals surface area (Å²) in [5.74, 6) is -2.31. The smallest absolute Gasteiger partial charge is 0.462 e. The quantitative estimate of drug-likeness (QED) is 0.0169. The predicted octanol–water partition coefficient (Wildman–Crippen LogP) is 24.0. The average Bonchev–Trinajstić information content (AvgIpc) is 0.907. The maximum Gasteiger partial charge on any atom is 0.472 e. The standard InChI is InChI=1S/C87H144O17P2/c1-5-9-13-17-21-25-29-33-36-39-40-43-45-49-52-56-60-64-68-72-85(90)98-78-83(104-87(92)74-70-66-62-58-54-50-46-42-38-35-31-27-23-19-15-11-7-3)80-102-106(95,96)100-76-81(88)75-99-105(93,94)101-79-82(103-86(91)73-69-65-61-57-53-47-32-28-24-20-16-12-8-4)77-97-84(89)71-67-63-59-55-51-48-44-41-37-34-30-26-22-18-14-10-6-2/h9-11,13-15,21-23,25-27,33-38,40,43,46,49-50,52,60,64,81-83,88H,5-8,12,16-20,24,28-32,39,41-42,44-45,47-48,51,53-59,61-63,65-80H2,1-4H3,(H,93,94)(H,95,96)/b13-9-,14-10-,15-11-,25-21-,26-22-,27-23-,36-33-,37-34-,38-35-,43-40-,50-46-,52-49-,64-60-. The first kappa shape index (κ1) is 101. The van der Waals surface area contributed by atoms with Crippen LogP contribution in [0.15, 0.2) is 158 Å².